The summed E-state index contributed by atoms with van der Waals surface area (Å²) in [5, 5.41) is 13.6. The van der Waals surface area contributed by atoms with Crippen molar-refractivity contribution < 1.29 is 9.90 Å². The monoisotopic (exact) mass is 299 g/mol. The van der Waals surface area contributed by atoms with Gasteiger partial charge in [-0.15, -0.1) is 0 Å². The van der Waals surface area contributed by atoms with Crippen molar-refractivity contribution in [3.05, 3.63) is 60.4 Å². The van der Waals surface area contributed by atoms with Crippen molar-refractivity contribution in [2.45, 2.75) is 16.7 Å². The molecule has 2 heterocycles. The van der Waals surface area contributed by atoms with Gasteiger partial charge in [0.15, 0.2) is 5.65 Å². The van der Waals surface area contributed by atoms with Gasteiger partial charge in [0.1, 0.15) is 10.3 Å². The normalized spacial score (nSPS) is 12.4. The Hall–Kier alpha value is -2.34. The lowest BCUT2D eigenvalue weighted by Gasteiger charge is -2.11. The molecule has 0 aliphatic rings. The molecule has 106 valence electrons. The molecule has 0 spiro atoms. The topological polar surface area (TPSA) is 67.5 Å². The van der Waals surface area contributed by atoms with E-state index in [4.69, 9.17) is 0 Å². The van der Waals surface area contributed by atoms with Gasteiger partial charge in [-0.3, -0.25) is 4.79 Å². The van der Waals surface area contributed by atoms with Crippen molar-refractivity contribution in [1.82, 2.24) is 14.6 Å². The quantitative estimate of drug-likeness (QED) is 0.579. The number of hydrogen-bond donors (Lipinski definition) is 1. The number of nitrogens with zero attached hydrogens (tertiary/aromatic N) is 3. The highest BCUT2D eigenvalue weighted by atomic mass is 32.2. The van der Waals surface area contributed by atoms with E-state index in [-0.39, 0.29) is 0 Å². The molecule has 21 heavy (non-hydrogen) atoms. The van der Waals surface area contributed by atoms with E-state index < -0.39 is 11.2 Å². The predicted octanol–water partition coefficient (Wildman–Crippen LogP) is 2.52. The smallest absolute Gasteiger partial charge is 0.317 e. The molecule has 6 heteroatoms. The Bertz CT molecular complexity index is 758. The molecule has 0 saturated heterocycles. The predicted molar refractivity (Wildman–Crippen MR) is 80.4 cm³/mol. The number of carboxylic acid groups (broad SMARTS) is 1. The number of carboxylic acids is 1. The summed E-state index contributed by atoms with van der Waals surface area (Å²) >= 11 is 1.26. The van der Waals surface area contributed by atoms with Gasteiger partial charge in [0.2, 0.25) is 0 Å². The summed E-state index contributed by atoms with van der Waals surface area (Å²) in [6.07, 6.45) is 3.91. The van der Waals surface area contributed by atoms with E-state index in [0.717, 1.165) is 5.56 Å². The molecule has 0 bridgehead atoms. The largest absolute Gasteiger partial charge is 0.480 e. The summed E-state index contributed by atoms with van der Waals surface area (Å²) in [4.78, 5) is 15.9. The van der Waals surface area contributed by atoms with Crippen LogP contribution in [-0.2, 0) is 11.2 Å². The standard InChI is InChI=1S/C15H13N3O2S/c19-15(20)12(10-11-4-2-1-3-5-11)21-14-7-9-18-13(17-14)6-8-16-18/h1-9,12H,10H2,(H,19,20). The van der Waals surface area contributed by atoms with Crippen molar-refractivity contribution in [3.63, 3.8) is 0 Å². The Morgan fingerprint density at radius 2 is 2.05 bits per heavy atom. The fraction of sp³-hybridized carbons (Fsp3) is 0.133. The summed E-state index contributed by atoms with van der Waals surface area (Å²) in [7, 11) is 0. The van der Waals surface area contributed by atoms with Crippen molar-refractivity contribution in [1.29, 1.82) is 0 Å². The maximum atomic E-state index is 11.5. The van der Waals surface area contributed by atoms with Gasteiger partial charge in [0.05, 0.1) is 6.20 Å². The van der Waals surface area contributed by atoms with Crippen molar-refractivity contribution in [2.24, 2.45) is 0 Å². The maximum absolute atomic E-state index is 11.5. The van der Waals surface area contributed by atoms with Gasteiger partial charge in [0, 0.05) is 12.3 Å². The first-order chi connectivity index (χ1) is 10.2. The highest BCUT2D eigenvalue weighted by Crippen LogP contribution is 2.25. The molecule has 0 saturated carbocycles. The highest BCUT2D eigenvalue weighted by molar-refractivity contribution is 8.00. The summed E-state index contributed by atoms with van der Waals surface area (Å²) in [5.41, 5.74) is 1.71. The van der Waals surface area contributed by atoms with Gasteiger partial charge in [-0.25, -0.2) is 9.50 Å². The third-order valence-corrected chi connectivity index (χ3v) is 4.16. The van der Waals surface area contributed by atoms with Crippen molar-refractivity contribution >= 4 is 23.4 Å². The van der Waals surface area contributed by atoms with Crippen LogP contribution in [0.2, 0.25) is 0 Å². The molecule has 0 fully saturated rings. The van der Waals surface area contributed by atoms with E-state index >= 15 is 0 Å². The van der Waals surface area contributed by atoms with Crippen LogP contribution >= 0.6 is 11.8 Å². The lowest BCUT2D eigenvalue weighted by Crippen LogP contribution is -2.19. The summed E-state index contributed by atoms with van der Waals surface area (Å²) in [6, 6.07) is 13.2. The number of hydrogen-bond acceptors (Lipinski definition) is 4. The number of aromatic nitrogens is 3. The third kappa shape index (κ3) is 3.22. The molecule has 1 atom stereocenters. The lowest BCUT2D eigenvalue weighted by atomic mass is 10.1. The lowest BCUT2D eigenvalue weighted by molar-refractivity contribution is -0.136. The molecule has 1 N–H and O–H groups in total. The van der Waals surface area contributed by atoms with Gasteiger partial charge in [0.25, 0.3) is 0 Å². The summed E-state index contributed by atoms with van der Waals surface area (Å²) < 4.78 is 1.65. The van der Waals surface area contributed by atoms with Crippen LogP contribution in [0.25, 0.3) is 5.65 Å². The zero-order valence-electron chi connectivity index (χ0n) is 11.1. The van der Waals surface area contributed by atoms with Gasteiger partial charge in [-0.2, -0.15) is 5.10 Å². The zero-order chi connectivity index (χ0) is 14.7. The molecular formula is C15H13N3O2S. The maximum Gasteiger partial charge on any atom is 0.317 e. The van der Waals surface area contributed by atoms with E-state index in [1.54, 1.807) is 29.0 Å². The molecule has 0 aliphatic carbocycles. The van der Waals surface area contributed by atoms with Crippen LogP contribution in [0, 0.1) is 0 Å². The van der Waals surface area contributed by atoms with Crippen LogP contribution in [0.4, 0.5) is 0 Å². The molecule has 0 amide bonds. The highest BCUT2D eigenvalue weighted by Gasteiger charge is 2.20. The van der Waals surface area contributed by atoms with Crippen LogP contribution < -0.4 is 0 Å². The molecule has 5 nitrogen and oxygen atoms in total. The van der Waals surface area contributed by atoms with Gasteiger partial charge in [-0.1, -0.05) is 42.1 Å². The van der Waals surface area contributed by atoms with Crippen LogP contribution in [-0.4, -0.2) is 30.9 Å². The Labute approximate surface area is 125 Å². The second kappa shape index (κ2) is 5.97. The van der Waals surface area contributed by atoms with Crippen molar-refractivity contribution in [3.8, 4) is 0 Å². The SMILES string of the molecule is O=C(O)C(Cc1ccccc1)Sc1ccn2nccc2n1. The van der Waals surface area contributed by atoms with Crippen LogP contribution in [0.15, 0.2) is 59.9 Å². The minimum atomic E-state index is -0.834. The molecule has 0 aliphatic heterocycles. The first kappa shape index (κ1) is 13.6. The fourth-order valence-electron chi connectivity index (χ4n) is 2.01. The Balaban J connectivity index is 1.79. The number of aliphatic carboxylic acids is 1. The van der Waals surface area contributed by atoms with E-state index in [1.807, 2.05) is 30.3 Å². The average Bonchev–Trinajstić information content (AvgIpc) is 2.95. The Morgan fingerprint density at radius 1 is 1.24 bits per heavy atom. The number of thioether (sulfide) groups is 1. The molecule has 1 unspecified atom stereocenters. The number of fused-ring (bicyclic) bond motifs is 1. The van der Waals surface area contributed by atoms with Crippen LogP contribution in [0.1, 0.15) is 5.56 Å². The first-order valence-electron chi connectivity index (χ1n) is 6.46. The Morgan fingerprint density at radius 3 is 2.81 bits per heavy atom. The van der Waals surface area contributed by atoms with Gasteiger partial charge < -0.3 is 5.11 Å². The average molecular weight is 299 g/mol. The number of rotatable bonds is 5. The second-order valence-corrected chi connectivity index (χ2v) is 5.76. The van der Waals surface area contributed by atoms with Gasteiger partial charge >= 0.3 is 5.97 Å². The van der Waals surface area contributed by atoms with Gasteiger partial charge in [-0.05, 0) is 18.1 Å². The summed E-state index contributed by atoms with van der Waals surface area (Å²) in [5.74, 6) is -0.834. The second-order valence-electron chi connectivity index (χ2n) is 4.53. The molecule has 2 aromatic heterocycles. The van der Waals surface area contributed by atoms with Crippen LogP contribution in [0.3, 0.4) is 0 Å². The molecule has 1 aromatic carbocycles. The van der Waals surface area contributed by atoms with Crippen LogP contribution in [0.5, 0.6) is 0 Å². The fourth-order valence-corrected chi connectivity index (χ4v) is 2.97. The van der Waals surface area contributed by atoms with E-state index in [2.05, 4.69) is 10.1 Å². The van der Waals surface area contributed by atoms with Crippen molar-refractivity contribution in [2.75, 3.05) is 0 Å². The third-order valence-electron chi connectivity index (χ3n) is 3.03. The Kier molecular flexibility index (Phi) is 3.87. The number of benzene rings is 1. The first-order valence-corrected chi connectivity index (χ1v) is 7.34. The number of carbonyl (C=O) groups is 1. The summed E-state index contributed by atoms with van der Waals surface area (Å²) in [6.45, 7) is 0. The molecule has 0 radical (unpaired) electrons. The minimum Gasteiger partial charge on any atom is -0.480 e. The zero-order valence-corrected chi connectivity index (χ0v) is 11.9. The van der Waals surface area contributed by atoms with E-state index in [0.29, 0.717) is 17.1 Å². The molecule has 3 aromatic rings. The minimum absolute atomic E-state index is 0.465. The van der Waals surface area contributed by atoms with E-state index in [1.165, 1.54) is 11.8 Å². The molecule has 3 rings (SSSR count). The molecular weight excluding hydrogens is 286 g/mol. The van der Waals surface area contributed by atoms with E-state index in [9.17, 15) is 9.90 Å².